The van der Waals surface area contributed by atoms with Crippen LogP contribution in [0.2, 0.25) is 0 Å². The molecule has 2 N–H and O–H groups in total. The van der Waals surface area contributed by atoms with Crippen LogP contribution in [0.1, 0.15) is 28.4 Å². The number of halogens is 1. The average molecular weight is 362 g/mol. The van der Waals surface area contributed by atoms with Crippen molar-refractivity contribution in [2.24, 2.45) is 0 Å². The minimum absolute atomic E-state index is 0.0555. The van der Waals surface area contributed by atoms with Crippen molar-refractivity contribution in [1.29, 1.82) is 0 Å². The maximum absolute atomic E-state index is 13.0. The van der Waals surface area contributed by atoms with Crippen LogP contribution in [0.4, 0.5) is 10.1 Å². The minimum Gasteiger partial charge on any atom is -0.345 e. The van der Waals surface area contributed by atoms with Crippen molar-refractivity contribution in [2.45, 2.75) is 12.5 Å². The molecule has 0 aromatic heterocycles. The number of carbonyl (C=O) groups excluding carboxylic acids is 2. The Balaban J connectivity index is 1.73. The summed E-state index contributed by atoms with van der Waals surface area (Å²) in [5, 5.41) is 5.64. The number of benzene rings is 3. The fourth-order valence-corrected chi connectivity index (χ4v) is 2.70. The Kier molecular flexibility index (Phi) is 5.94. The van der Waals surface area contributed by atoms with Crippen molar-refractivity contribution in [1.82, 2.24) is 5.32 Å². The van der Waals surface area contributed by atoms with Gasteiger partial charge in [-0.15, -0.1) is 0 Å². The van der Waals surface area contributed by atoms with E-state index >= 15 is 0 Å². The maximum Gasteiger partial charge on any atom is 0.251 e. The zero-order chi connectivity index (χ0) is 19.1. The fraction of sp³-hybridized carbons (Fsp3) is 0.0909. The Hall–Kier alpha value is -3.47. The molecule has 0 fully saturated rings. The Morgan fingerprint density at radius 3 is 2.04 bits per heavy atom. The number of carbonyl (C=O) groups is 2. The Morgan fingerprint density at radius 1 is 0.815 bits per heavy atom. The summed E-state index contributed by atoms with van der Waals surface area (Å²) in [6.45, 7) is 0. The number of hydrogen-bond acceptors (Lipinski definition) is 2. The number of rotatable bonds is 6. The first-order valence-electron chi connectivity index (χ1n) is 8.58. The normalized spacial score (nSPS) is 11.4. The van der Waals surface area contributed by atoms with Crippen molar-refractivity contribution >= 4 is 17.5 Å². The molecule has 136 valence electrons. The van der Waals surface area contributed by atoms with Gasteiger partial charge in [0.1, 0.15) is 5.82 Å². The molecule has 0 aliphatic rings. The molecule has 5 heteroatoms. The van der Waals surface area contributed by atoms with E-state index in [4.69, 9.17) is 0 Å². The summed E-state index contributed by atoms with van der Waals surface area (Å²) in [6.07, 6.45) is 0.0555. The summed E-state index contributed by atoms with van der Waals surface area (Å²) in [4.78, 5) is 25.0. The largest absolute Gasteiger partial charge is 0.345 e. The monoisotopic (exact) mass is 362 g/mol. The molecule has 0 heterocycles. The standard InChI is InChI=1S/C22H19FN2O2/c23-18-11-13-19(14-12-18)24-21(26)15-20(16-7-3-1-4-8-16)25-22(27)17-9-5-2-6-10-17/h1-14,20H,15H2,(H,24,26)(H,25,27)/t20-/m0/s1. The quantitative estimate of drug-likeness (QED) is 0.686. The van der Waals surface area contributed by atoms with E-state index in [2.05, 4.69) is 10.6 Å². The predicted molar refractivity (Wildman–Crippen MR) is 103 cm³/mol. The van der Waals surface area contributed by atoms with E-state index in [0.29, 0.717) is 11.3 Å². The van der Waals surface area contributed by atoms with Gasteiger partial charge in [-0.05, 0) is 42.0 Å². The highest BCUT2D eigenvalue weighted by atomic mass is 19.1. The minimum atomic E-state index is -0.487. The van der Waals surface area contributed by atoms with E-state index in [0.717, 1.165) is 5.56 Å². The molecule has 0 spiro atoms. The Bertz CT molecular complexity index is 897. The third kappa shape index (κ3) is 5.25. The first kappa shape index (κ1) is 18.3. The molecule has 4 nitrogen and oxygen atoms in total. The smallest absolute Gasteiger partial charge is 0.251 e. The molecule has 1 atom stereocenters. The summed E-state index contributed by atoms with van der Waals surface area (Å²) < 4.78 is 13.0. The van der Waals surface area contributed by atoms with Gasteiger partial charge in [0.25, 0.3) is 5.91 Å². The zero-order valence-electron chi connectivity index (χ0n) is 14.6. The van der Waals surface area contributed by atoms with Gasteiger partial charge in [-0.25, -0.2) is 4.39 Å². The molecule has 3 aromatic rings. The molecular formula is C22H19FN2O2. The van der Waals surface area contributed by atoms with Crippen LogP contribution in [0.3, 0.4) is 0 Å². The van der Waals surface area contributed by atoms with Crippen LogP contribution >= 0.6 is 0 Å². The lowest BCUT2D eigenvalue weighted by Gasteiger charge is -2.19. The van der Waals surface area contributed by atoms with Gasteiger partial charge in [-0.1, -0.05) is 48.5 Å². The first-order chi connectivity index (χ1) is 13.1. The van der Waals surface area contributed by atoms with Gasteiger partial charge in [0.15, 0.2) is 0 Å². The van der Waals surface area contributed by atoms with Gasteiger partial charge in [0.05, 0.1) is 12.5 Å². The molecule has 0 aliphatic carbocycles. The second-order valence-electron chi connectivity index (χ2n) is 6.06. The molecule has 3 rings (SSSR count). The highest BCUT2D eigenvalue weighted by Crippen LogP contribution is 2.19. The van der Waals surface area contributed by atoms with Crippen LogP contribution in [0, 0.1) is 5.82 Å². The van der Waals surface area contributed by atoms with Crippen LogP contribution in [0.5, 0.6) is 0 Å². The Labute approximate surface area is 157 Å². The number of amides is 2. The molecule has 0 unspecified atom stereocenters. The molecular weight excluding hydrogens is 343 g/mol. The van der Waals surface area contributed by atoms with Crippen molar-refractivity contribution in [2.75, 3.05) is 5.32 Å². The molecule has 0 saturated heterocycles. The van der Waals surface area contributed by atoms with Gasteiger partial charge >= 0.3 is 0 Å². The lowest BCUT2D eigenvalue weighted by Crippen LogP contribution is -2.31. The van der Waals surface area contributed by atoms with E-state index in [1.807, 2.05) is 36.4 Å². The topological polar surface area (TPSA) is 58.2 Å². The lowest BCUT2D eigenvalue weighted by molar-refractivity contribution is -0.116. The van der Waals surface area contributed by atoms with Gasteiger partial charge in [0, 0.05) is 11.3 Å². The van der Waals surface area contributed by atoms with Crippen LogP contribution in [0.25, 0.3) is 0 Å². The summed E-state index contributed by atoms with van der Waals surface area (Å²) in [5.41, 5.74) is 1.86. The highest BCUT2D eigenvalue weighted by molar-refractivity contribution is 5.95. The van der Waals surface area contributed by atoms with E-state index in [-0.39, 0.29) is 24.1 Å². The summed E-state index contributed by atoms with van der Waals surface area (Å²) in [6, 6.07) is 23.2. The van der Waals surface area contributed by atoms with Crippen LogP contribution in [-0.2, 0) is 4.79 Å². The molecule has 3 aromatic carbocycles. The van der Waals surface area contributed by atoms with E-state index < -0.39 is 6.04 Å². The lowest BCUT2D eigenvalue weighted by atomic mass is 10.0. The Morgan fingerprint density at radius 2 is 1.41 bits per heavy atom. The third-order valence-electron chi connectivity index (χ3n) is 4.06. The predicted octanol–water partition coefficient (Wildman–Crippen LogP) is 4.33. The summed E-state index contributed by atoms with van der Waals surface area (Å²) in [7, 11) is 0. The SMILES string of the molecule is O=C(C[C@H](NC(=O)c1ccccc1)c1ccccc1)Nc1ccc(F)cc1. The molecule has 0 saturated carbocycles. The van der Waals surface area contributed by atoms with Gasteiger partial charge in [0.2, 0.25) is 5.91 Å². The van der Waals surface area contributed by atoms with Crippen LogP contribution < -0.4 is 10.6 Å². The first-order valence-corrected chi connectivity index (χ1v) is 8.58. The molecule has 0 bridgehead atoms. The van der Waals surface area contributed by atoms with E-state index in [1.54, 1.807) is 24.3 Å². The number of nitrogens with one attached hydrogen (secondary N) is 2. The summed E-state index contributed by atoms with van der Waals surface area (Å²) in [5.74, 6) is -0.895. The third-order valence-corrected chi connectivity index (χ3v) is 4.06. The van der Waals surface area contributed by atoms with Gasteiger partial charge in [-0.3, -0.25) is 9.59 Å². The van der Waals surface area contributed by atoms with Crippen LogP contribution in [0.15, 0.2) is 84.9 Å². The van der Waals surface area contributed by atoms with E-state index in [9.17, 15) is 14.0 Å². The zero-order valence-corrected chi connectivity index (χ0v) is 14.6. The van der Waals surface area contributed by atoms with E-state index in [1.165, 1.54) is 24.3 Å². The second kappa shape index (κ2) is 8.76. The van der Waals surface area contributed by atoms with Crippen LogP contribution in [-0.4, -0.2) is 11.8 Å². The number of hydrogen-bond donors (Lipinski definition) is 2. The highest BCUT2D eigenvalue weighted by Gasteiger charge is 2.19. The van der Waals surface area contributed by atoms with Crippen molar-refractivity contribution in [3.63, 3.8) is 0 Å². The number of anilines is 1. The van der Waals surface area contributed by atoms with Gasteiger partial charge < -0.3 is 10.6 Å². The average Bonchev–Trinajstić information content (AvgIpc) is 2.70. The molecule has 0 radical (unpaired) electrons. The molecule has 0 aliphatic heterocycles. The van der Waals surface area contributed by atoms with Gasteiger partial charge in [-0.2, -0.15) is 0 Å². The maximum atomic E-state index is 13.0. The van der Waals surface area contributed by atoms with Crippen molar-refractivity contribution in [3.05, 3.63) is 102 Å². The van der Waals surface area contributed by atoms with Crippen molar-refractivity contribution in [3.8, 4) is 0 Å². The molecule has 27 heavy (non-hydrogen) atoms. The fourth-order valence-electron chi connectivity index (χ4n) is 2.70. The molecule has 2 amide bonds. The van der Waals surface area contributed by atoms with Crippen molar-refractivity contribution < 1.29 is 14.0 Å². The summed E-state index contributed by atoms with van der Waals surface area (Å²) >= 11 is 0. The second-order valence-corrected chi connectivity index (χ2v) is 6.06.